The van der Waals surface area contributed by atoms with Crippen molar-refractivity contribution in [2.45, 2.75) is 26.0 Å². The molecule has 40 heavy (non-hydrogen) atoms. The highest BCUT2D eigenvalue weighted by Crippen LogP contribution is 2.33. The first-order chi connectivity index (χ1) is 18.8. The fourth-order valence-corrected chi connectivity index (χ4v) is 5.46. The number of sulfone groups is 1. The van der Waals surface area contributed by atoms with Gasteiger partial charge < -0.3 is 10.5 Å². The third kappa shape index (κ3) is 5.09. The van der Waals surface area contributed by atoms with Gasteiger partial charge in [0.2, 0.25) is 11.7 Å². The van der Waals surface area contributed by atoms with E-state index >= 15 is 0 Å². The number of carbonyl (C=O) groups is 1. The molecule has 0 aliphatic heterocycles. The Morgan fingerprint density at radius 1 is 1.12 bits per heavy atom. The minimum Gasteiger partial charge on any atom is -0.436 e. The molecule has 4 aromatic rings. The van der Waals surface area contributed by atoms with Gasteiger partial charge in [0.15, 0.2) is 27.2 Å². The van der Waals surface area contributed by atoms with E-state index in [9.17, 15) is 26.4 Å². The number of rotatable bonds is 7. The van der Waals surface area contributed by atoms with Gasteiger partial charge in [0, 0.05) is 29.9 Å². The van der Waals surface area contributed by atoms with Crippen molar-refractivity contribution in [1.82, 2.24) is 14.8 Å². The molecule has 0 bridgehead atoms. The van der Waals surface area contributed by atoms with Crippen LogP contribution in [0.2, 0.25) is 0 Å². The lowest BCUT2D eigenvalue weighted by atomic mass is 10.0. The van der Waals surface area contributed by atoms with Crippen LogP contribution in [-0.4, -0.2) is 35.2 Å². The minimum absolute atomic E-state index is 0.0293. The maximum atomic E-state index is 14.5. The van der Waals surface area contributed by atoms with Crippen LogP contribution < -0.4 is 10.5 Å². The summed E-state index contributed by atoms with van der Waals surface area (Å²) in [6.45, 7) is 3.37. The van der Waals surface area contributed by atoms with Gasteiger partial charge in [0.25, 0.3) is 0 Å². The number of aromatic nitrogens is 3. The van der Waals surface area contributed by atoms with Crippen molar-refractivity contribution in [3.05, 3.63) is 99.1 Å². The van der Waals surface area contributed by atoms with Gasteiger partial charge in [0.1, 0.15) is 11.6 Å². The maximum absolute atomic E-state index is 14.5. The molecule has 5 rings (SSSR count). The Morgan fingerprint density at radius 2 is 1.88 bits per heavy atom. The highest BCUT2D eigenvalue weighted by atomic mass is 32.2. The lowest BCUT2D eigenvalue weighted by molar-refractivity contribution is 0.103. The average Bonchev–Trinajstić information content (AvgIpc) is 3.44. The summed E-state index contributed by atoms with van der Waals surface area (Å²) in [6, 6.07) is 7.76. The molecule has 2 aromatic heterocycles. The summed E-state index contributed by atoms with van der Waals surface area (Å²) >= 11 is 0. The van der Waals surface area contributed by atoms with Crippen LogP contribution in [0.25, 0.3) is 11.8 Å². The summed E-state index contributed by atoms with van der Waals surface area (Å²) in [6.07, 6.45) is 4.08. The predicted octanol–water partition coefficient (Wildman–Crippen LogP) is 5.04. The number of nitrogen functional groups attached to an aromatic ring is 1. The summed E-state index contributed by atoms with van der Waals surface area (Å²) in [5.41, 5.74) is 9.45. The number of nitrogens with zero attached hydrogens (tertiary/aromatic N) is 3. The summed E-state index contributed by atoms with van der Waals surface area (Å²) < 4.78 is 72.2. The number of pyridine rings is 1. The smallest absolute Gasteiger partial charge is 0.220 e. The molecule has 12 heteroatoms. The van der Waals surface area contributed by atoms with Crippen LogP contribution in [0.1, 0.15) is 38.3 Å². The van der Waals surface area contributed by atoms with Crippen molar-refractivity contribution in [3.63, 3.8) is 0 Å². The van der Waals surface area contributed by atoms with Crippen molar-refractivity contribution in [2.24, 2.45) is 0 Å². The van der Waals surface area contributed by atoms with E-state index < -0.39 is 38.8 Å². The van der Waals surface area contributed by atoms with Gasteiger partial charge >= 0.3 is 0 Å². The van der Waals surface area contributed by atoms with E-state index in [4.69, 9.17) is 10.5 Å². The Balaban J connectivity index is 1.41. The Hall–Kier alpha value is -4.45. The molecule has 206 valence electrons. The largest absolute Gasteiger partial charge is 0.436 e. The third-order valence-corrected chi connectivity index (χ3v) is 7.29. The van der Waals surface area contributed by atoms with Crippen LogP contribution in [0.4, 0.5) is 19.0 Å². The zero-order valence-electron chi connectivity index (χ0n) is 21.6. The van der Waals surface area contributed by atoms with Crippen molar-refractivity contribution >= 4 is 27.5 Å². The second kappa shape index (κ2) is 9.94. The molecule has 0 saturated carbocycles. The monoisotopic (exact) mass is 568 g/mol. The number of hydrogen-bond acceptors (Lipinski definition) is 7. The molecule has 2 N–H and O–H groups in total. The molecular weight excluding hydrogens is 545 g/mol. The number of ether oxygens (including phenoxy) is 1. The van der Waals surface area contributed by atoms with Gasteiger partial charge in [-0.05, 0) is 54.8 Å². The van der Waals surface area contributed by atoms with Crippen LogP contribution in [0, 0.1) is 31.3 Å². The topological polar surface area (TPSA) is 117 Å². The van der Waals surface area contributed by atoms with Gasteiger partial charge in [-0.3, -0.25) is 4.79 Å². The van der Waals surface area contributed by atoms with Crippen LogP contribution in [0.3, 0.4) is 0 Å². The SMILES string of the molecule is Cc1cc(Oc2cccc(F)c2F)nc(C)c1-n1ncc(C(=O)C2=Cc3cc(F)c(CS(C)(=O)=O)cc3C2)c1N. The number of halogens is 3. The van der Waals surface area contributed by atoms with Crippen molar-refractivity contribution in [3.8, 4) is 17.3 Å². The van der Waals surface area contributed by atoms with Gasteiger partial charge in [-0.25, -0.2) is 26.9 Å². The van der Waals surface area contributed by atoms with E-state index in [1.165, 1.54) is 41.2 Å². The molecule has 0 fully saturated rings. The number of fused-ring (bicyclic) bond motifs is 1. The quantitative estimate of drug-likeness (QED) is 0.310. The Bertz CT molecular complexity index is 1830. The second-order valence-corrected chi connectivity index (χ2v) is 11.7. The Kier molecular flexibility index (Phi) is 6.74. The summed E-state index contributed by atoms with van der Waals surface area (Å²) in [5.74, 6) is -3.94. The van der Waals surface area contributed by atoms with Gasteiger partial charge in [-0.2, -0.15) is 9.49 Å². The van der Waals surface area contributed by atoms with Crippen LogP contribution in [0.15, 0.2) is 48.2 Å². The zero-order chi connectivity index (χ0) is 28.9. The van der Waals surface area contributed by atoms with Crippen molar-refractivity contribution in [1.29, 1.82) is 0 Å². The number of ketones is 1. The first-order valence-electron chi connectivity index (χ1n) is 12.0. The standard InChI is InChI=1S/C28H23F3N4O4S/c1-14-7-24(39-23-6-4-5-21(29)25(23)31)34-15(2)26(14)35-28(32)20(12-33-35)27(36)18-8-16-10-19(13-40(3,37)38)22(30)11-17(16)9-18/h4-7,9-12H,8,13,32H2,1-3H3. The molecule has 2 aromatic carbocycles. The zero-order valence-corrected chi connectivity index (χ0v) is 22.4. The van der Waals surface area contributed by atoms with E-state index in [1.807, 2.05) is 0 Å². The van der Waals surface area contributed by atoms with E-state index in [1.54, 1.807) is 19.9 Å². The fourth-order valence-electron chi connectivity index (χ4n) is 4.68. The van der Waals surface area contributed by atoms with E-state index in [-0.39, 0.29) is 35.0 Å². The molecule has 2 heterocycles. The maximum Gasteiger partial charge on any atom is 0.220 e. The molecule has 1 aliphatic carbocycles. The van der Waals surface area contributed by atoms with Crippen LogP contribution in [-0.2, 0) is 22.0 Å². The summed E-state index contributed by atoms with van der Waals surface area (Å²) in [4.78, 5) is 17.7. The fraction of sp³-hybridized carbons (Fsp3) is 0.179. The molecule has 1 aliphatic rings. The molecule has 8 nitrogen and oxygen atoms in total. The van der Waals surface area contributed by atoms with Crippen LogP contribution >= 0.6 is 0 Å². The second-order valence-electron chi connectivity index (χ2n) is 9.61. The first-order valence-corrected chi connectivity index (χ1v) is 14.1. The number of allylic oxidation sites excluding steroid dienone is 1. The molecular formula is C28H23F3N4O4S. The van der Waals surface area contributed by atoms with Gasteiger partial charge in [-0.15, -0.1) is 0 Å². The first kappa shape index (κ1) is 27.1. The van der Waals surface area contributed by atoms with Crippen molar-refractivity contribution in [2.75, 3.05) is 12.0 Å². The van der Waals surface area contributed by atoms with E-state index in [2.05, 4.69) is 10.1 Å². The summed E-state index contributed by atoms with van der Waals surface area (Å²) in [5, 5.41) is 4.28. The number of anilines is 1. The molecule has 0 amide bonds. The highest BCUT2D eigenvalue weighted by Gasteiger charge is 2.26. The number of carbonyl (C=O) groups excluding carboxylic acids is 1. The van der Waals surface area contributed by atoms with E-state index in [0.29, 0.717) is 33.6 Å². The Labute approximate surface area is 227 Å². The van der Waals surface area contributed by atoms with Gasteiger partial charge in [-0.1, -0.05) is 12.1 Å². The average molecular weight is 569 g/mol. The lowest BCUT2D eigenvalue weighted by Crippen LogP contribution is -2.11. The number of aryl methyl sites for hydroxylation is 2. The molecule has 0 unspecified atom stereocenters. The minimum atomic E-state index is -3.44. The number of hydrogen-bond donors (Lipinski definition) is 1. The highest BCUT2D eigenvalue weighted by molar-refractivity contribution is 7.89. The predicted molar refractivity (Wildman–Crippen MR) is 143 cm³/mol. The molecule has 0 radical (unpaired) electrons. The Morgan fingerprint density at radius 3 is 2.58 bits per heavy atom. The van der Waals surface area contributed by atoms with Crippen molar-refractivity contribution < 1.29 is 31.1 Å². The van der Waals surface area contributed by atoms with Crippen LogP contribution in [0.5, 0.6) is 11.6 Å². The van der Waals surface area contributed by atoms with E-state index in [0.717, 1.165) is 12.3 Å². The summed E-state index contributed by atoms with van der Waals surface area (Å²) in [7, 11) is -3.44. The molecule has 0 spiro atoms. The van der Waals surface area contributed by atoms with Gasteiger partial charge in [0.05, 0.1) is 28.9 Å². The normalized spacial score (nSPS) is 12.8. The molecule has 0 atom stereocenters. The lowest BCUT2D eigenvalue weighted by Gasteiger charge is -2.14. The number of benzene rings is 2. The third-order valence-electron chi connectivity index (χ3n) is 6.46. The number of nitrogens with two attached hydrogens (primary N) is 1. The number of Topliss-reactive ketones (excluding diaryl/α,β-unsaturated/α-hetero) is 1. The molecule has 0 saturated heterocycles.